The summed E-state index contributed by atoms with van der Waals surface area (Å²) in [6, 6.07) is 10.6. The summed E-state index contributed by atoms with van der Waals surface area (Å²) in [7, 11) is 0. The minimum absolute atomic E-state index is 0.198. The van der Waals surface area contributed by atoms with Crippen molar-refractivity contribution in [3.05, 3.63) is 35.9 Å². The summed E-state index contributed by atoms with van der Waals surface area (Å²) in [5.74, 6) is -0.199. The van der Waals surface area contributed by atoms with Crippen molar-refractivity contribution in [2.45, 2.75) is 57.0 Å². The summed E-state index contributed by atoms with van der Waals surface area (Å²) < 4.78 is 0. The van der Waals surface area contributed by atoms with Gasteiger partial charge in [-0.3, -0.25) is 10.1 Å². The molecule has 0 atom stereocenters. The third-order valence-corrected chi connectivity index (χ3v) is 4.08. The molecule has 0 bridgehead atoms. The van der Waals surface area contributed by atoms with E-state index >= 15 is 0 Å². The zero-order valence-electron chi connectivity index (χ0n) is 11.7. The van der Waals surface area contributed by atoms with E-state index in [4.69, 9.17) is 0 Å². The van der Waals surface area contributed by atoms with Crippen molar-refractivity contribution in [3.63, 3.8) is 0 Å². The van der Waals surface area contributed by atoms with Crippen molar-refractivity contribution < 1.29 is 9.90 Å². The molecule has 0 heterocycles. The fourth-order valence-corrected chi connectivity index (χ4v) is 3.14. The molecule has 0 unspecified atom stereocenters. The van der Waals surface area contributed by atoms with Gasteiger partial charge < -0.3 is 5.11 Å². The van der Waals surface area contributed by atoms with E-state index in [1.54, 1.807) is 0 Å². The lowest BCUT2D eigenvalue weighted by molar-refractivity contribution is -0.147. The number of carbonyl (C=O) groups is 1. The quantitative estimate of drug-likeness (QED) is 0.875. The van der Waals surface area contributed by atoms with Crippen LogP contribution in [0.1, 0.15) is 51.0 Å². The van der Waals surface area contributed by atoms with Gasteiger partial charge in [0.15, 0.2) is 0 Å². The van der Waals surface area contributed by atoms with Crippen molar-refractivity contribution in [2.24, 2.45) is 0 Å². The molecule has 0 radical (unpaired) electrons. The molecule has 1 aromatic carbocycles. The number of carboxylic acids is 1. The maximum Gasteiger partial charge on any atom is 0.323 e. The lowest BCUT2D eigenvalue weighted by Gasteiger charge is -2.39. The van der Waals surface area contributed by atoms with Gasteiger partial charge in [-0.1, -0.05) is 30.3 Å². The molecule has 1 aromatic rings. The second kappa shape index (κ2) is 5.74. The van der Waals surface area contributed by atoms with E-state index in [1.807, 2.05) is 19.9 Å². The number of rotatable bonds is 4. The summed E-state index contributed by atoms with van der Waals surface area (Å²) in [6.45, 7) is 4.02. The van der Waals surface area contributed by atoms with Crippen molar-refractivity contribution in [3.8, 4) is 0 Å². The molecule has 1 aliphatic carbocycles. The zero-order valence-corrected chi connectivity index (χ0v) is 11.7. The molecule has 1 fully saturated rings. The smallest absolute Gasteiger partial charge is 0.323 e. The first kappa shape index (κ1) is 14.1. The van der Waals surface area contributed by atoms with E-state index in [1.165, 1.54) is 5.56 Å². The lowest BCUT2D eigenvalue weighted by Crippen LogP contribution is -2.56. The fourth-order valence-electron chi connectivity index (χ4n) is 3.14. The number of benzene rings is 1. The second-order valence-electron chi connectivity index (χ2n) is 5.87. The Morgan fingerprint density at radius 2 is 1.84 bits per heavy atom. The molecule has 104 valence electrons. The Kier molecular flexibility index (Phi) is 4.25. The van der Waals surface area contributed by atoms with Gasteiger partial charge in [0.05, 0.1) is 0 Å². The largest absolute Gasteiger partial charge is 0.480 e. The van der Waals surface area contributed by atoms with Gasteiger partial charge in [-0.2, -0.15) is 0 Å². The van der Waals surface area contributed by atoms with Gasteiger partial charge in [-0.15, -0.1) is 0 Å². The van der Waals surface area contributed by atoms with Crippen LogP contribution in [0, 0.1) is 0 Å². The topological polar surface area (TPSA) is 49.3 Å². The lowest BCUT2D eigenvalue weighted by atomic mass is 9.74. The molecule has 1 saturated carbocycles. The van der Waals surface area contributed by atoms with Gasteiger partial charge in [0.25, 0.3) is 0 Å². The molecule has 2 N–H and O–H groups in total. The van der Waals surface area contributed by atoms with Crippen molar-refractivity contribution in [1.29, 1.82) is 0 Å². The molecule has 0 aliphatic heterocycles. The molecule has 0 aromatic heterocycles. The van der Waals surface area contributed by atoms with Gasteiger partial charge in [0.2, 0.25) is 0 Å². The Hall–Kier alpha value is -1.35. The van der Waals surface area contributed by atoms with E-state index in [9.17, 15) is 9.90 Å². The Balaban J connectivity index is 2.06. The first-order valence-electron chi connectivity index (χ1n) is 7.09. The molecule has 2 rings (SSSR count). The third kappa shape index (κ3) is 3.16. The normalized spacial score (nSPS) is 27.4. The molecule has 19 heavy (non-hydrogen) atoms. The number of hydrogen-bond acceptors (Lipinski definition) is 2. The molecular formula is C16H23NO2. The average molecular weight is 261 g/mol. The summed E-state index contributed by atoms with van der Waals surface area (Å²) in [4.78, 5) is 11.6. The zero-order chi connectivity index (χ0) is 13.9. The number of aliphatic carboxylic acids is 1. The Labute approximate surface area is 115 Å². The maximum absolute atomic E-state index is 11.6. The highest BCUT2D eigenvalue weighted by atomic mass is 16.4. The Morgan fingerprint density at radius 1 is 1.26 bits per heavy atom. The molecule has 0 amide bonds. The number of nitrogens with one attached hydrogen (secondary N) is 1. The Morgan fingerprint density at radius 3 is 2.32 bits per heavy atom. The van der Waals surface area contributed by atoms with Crippen LogP contribution in [0.5, 0.6) is 0 Å². The highest BCUT2D eigenvalue weighted by Crippen LogP contribution is 2.38. The third-order valence-electron chi connectivity index (χ3n) is 4.08. The predicted octanol–water partition coefficient (Wildman–Crippen LogP) is 3.17. The van der Waals surface area contributed by atoms with E-state index in [0.717, 1.165) is 12.8 Å². The molecule has 3 nitrogen and oxygen atoms in total. The highest BCUT2D eigenvalue weighted by molar-refractivity contribution is 5.79. The minimum Gasteiger partial charge on any atom is -0.480 e. The number of hydrogen-bond donors (Lipinski definition) is 2. The molecule has 0 saturated heterocycles. The van der Waals surface area contributed by atoms with E-state index in [-0.39, 0.29) is 6.04 Å². The van der Waals surface area contributed by atoms with Crippen LogP contribution in [0.25, 0.3) is 0 Å². The maximum atomic E-state index is 11.6. The molecule has 1 aliphatic rings. The van der Waals surface area contributed by atoms with Crippen LogP contribution in [0.3, 0.4) is 0 Å². The van der Waals surface area contributed by atoms with Gasteiger partial charge in [0, 0.05) is 6.04 Å². The van der Waals surface area contributed by atoms with Crippen molar-refractivity contribution in [2.75, 3.05) is 0 Å². The van der Waals surface area contributed by atoms with Crippen LogP contribution >= 0.6 is 0 Å². The van der Waals surface area contributed by atoms with Crippen LogP contribution < -0.4 is 5.32 Å². The Bertz CT molecular complexity index is 420. The van der Waals surface area contributed by atoms with Gasteiger partial charge in [-0.05, 0) is 51.0 Å². The molecular weight excluding hydrogens is 238 g/mol. The van der Waals surface area contributed by atoms with E-state index in [2.05, 4.69) is 29.6 Å². The molecule has 3 heteroatoms. The minimum atomic E-state index is -0.723. The monoisotopic (exact) mass is 261 g/mol. The first-order chi connectivity index (χ1) is 9.03. The van der Waals surface area contributed by atoms with Crippen molar-refractivity contribution >= 4 is 5.97 Å². The van der Waals surface area contributed by atoms with Crippen LogP contribution in [-0.4, -0.2) is 22.7 Å². The summed E-state index contributed by atoms with van der Waals surface area (Å²) in [5.41, 5.74) is 0.616. The van der Waals surface area contributed by atoms with Gasteiger partial charge in [0.1, 0.15) is 5.54 Å². The summed E-state index contributed by atoms with van der Waals surface area (Å²) >= 11 is 0. The summed E-state index contributed by atoms with van der Waals surface area (Å²) in [6.07, 6.45) is 3.30. The number of carboxylic acid groups (broad SMARTS) is 1. The molecule has 0 spiro atoms. The highest BCUT2D eigenvalue weighted by Gasteiger charge is 2.42. The van der Waals surface area contributed by atoms with Crippen LogP contribution in [0.4, 0.5) is 0 Å². The SMILES string of the molecule is CC(C)NC1(C(=O)O)CCC(c2ccccc2)CC1. The average Bonchev–Trinajstić information content (AvgIpc) is 2.39. The van der Waals surface area contributed by atoms with Crippen molar-refractivity contribution in [1.82, 2.24) is 5.32 Å². The van der Waals surface area contributed by atoms with Gasteiger partial charge in [-0.25, -0.2) is 0 Å². The van der Waals surface area contributed by atoms with Crippen LogP contribution in [0.15, 0.2) is 30.3 Å². The van der Waals surface area contributed by atoms with Crippen LogP contribution in [-0.2, 0) is 4.79 Å². The van der Waals surface area contributed by atoms with Crippen LogP contribution in [0.2, 0.25) is 0 Å². The second-order valence-corrected chi connectivity index (χ2v) is 5.87. The van der Waals surface area contributed by atoms with Gasteiger partial charge >= 0.3 is 5.97 Å². The summed E-state index contributed by atoms with van der Waals surface area (Å²) in [5, 5.41) is 12.8. The predicted molar refractivity (Wildman–Crippen MR) is 76.3 cm³/mol. The van der Waals surface area contributed by atoms with E-state index in [0.29, 0.717) is 18.8 Å². The van der Waals surface area contributed by atoms with E-state index < -0.39 is 11.5 Å². The fraction of sp³-hybridized carbons (Fsp3) is 0.562. The first-order valence-corrected chi connectivity index (χ1v) is 7.09. The standard InChI is InChI=1S/C16H23NO2/c1-12(2)17-16(15(18)19)10-8-14(9-11-16)13-6-4-3-5-7-13/h3-7,12,14,17H,8-11H2,1-2H3,(H,18,19).